The molecule has 17 heavy (non-hydrogen) atoms. The van der Waals surface area contributed by atoms with E-state index >= 15 is 0 Å². The van der Waals surface area contributed by atoms with E-state index in [4.69, 9.17) is 9.47 Å². The predicted molar refractivity (Wildman–Crippen MR) is 57.2 cm³/mol. The maximum atomic E-state index is 12.9. The summed E-state index contributed by atoms with van der Waals surface area (Å²) in [5.41, 5.74) is -0.263. The molecule has 0 N–H and O–H groups in total. The van der Waals surface area contributed by atoms with Crippen LogP contribution < -0.4 is 4.74 Å². The molecule has 1 aromatic rings. The van der Waals surface area contributed by atoms with Gasteiger partial charge < -0.3 is 9.47 Å². The van der Waals surface area contributed by atoms with Gasteiger partial charge in [-0.25, -0.2) is 4.39 Å². The van der Waals surface area contributed by atoms with Crippen molar-refractivity contribution in [3.05, 3.63) is 34.1 Å². The molecule has 1 fully saturated rings. The van der Waals surface area contributed by atoms with Gasteiger partial charge in [0.25, 0.3) is 0 Å². The average Bonchev–Trinajstić information content (AvgIpc) is 3.08. The third-order valence-corrected chi connectivity index (χ3v) is 2.47. The van der Waals surface area contributed by atoms with E-state index in [-0.39, 0.29) is 18.2 Å². The molecule has 2 rings (SSSR count). The number of nitrogens with zero attached hydrogens (tertiary/aromatic N) is 1. The highest BCUT2D eigenvalue weighted by molar-refractivity contribution is 5.46. The third-order valence-electron chi connectivity index (χ3n) is 2.47. The number of nitro benzene ring substituents is 1. The van der Waals surface area contributed by atoms with Gasteiger partial charge in [0, 0.05) is 12.1 Å². The molecule has 0 atom stereocenters. The van der Waals surface area contributed by atoms with Gasteiger partial charge in [-0.15, -0.1) is 0 Å². The fourth-order valence-corrected chi connectivity index (χ4v) is 1.36. The quantitative estimate of drug-likeness (QED) is 0.332. The minimum Gasteiger partial charge on any atom is -0.460 e. The Kier molecular flexibility index (Phi) is 3.53. The molecule has 5 nitrogen and oxygen atoms in total. The van der Waals surface area contributed by atoms with Crippen molar-refractivity contribution in [1.82, 2.24) is 0 Å². The zero-order valence-electron chi connectivity index (χ0n) is 9.10. The lowest BCUT2D eigenvalue weighted by Gasteiger charge is -2.07. The summed E-state index contributed by atoms with van der Waals surface area (Å²) in [7, 11) is 0. The first-order valence-corrected chi connectivity index (χ1v) is 5.31. The minimum absolute atomic E-state index is 0.0964. The molecule has 0 bridgehead atoms. The summed E-state index contributed by atoms with van der Waals surface area (Å²) < 4.78 is 23.1. The van der Waals surface area contributed by atoms with E-state index in [1.165, 1.54) is 0 Å². The summed E-state index contributed by atoms with van der Waals surface area (Å²) in [5, 5.41) is 10.6. The van der Waals surface area contributed by atoms with E-state index < -0.39 is 10.7 Å². The zero-order valence-corrected chi connectivity index (χ0v) is 9.10. The molecule has 92 valence electrons. The molecule has 0 amide bonds. The Balaban J connectivity index is 1.92. The summed E-state index contributed by atoms with van der Waals surface area (Å²) >= 11 is 0. The zero-order chi connectivity index (χ0) is 12.3. The van der Waals surface area contributed by atoms with Crippen molar-refractivity contribution in [2.45, 2.75) is 12.8 Å². The summed E-state index contributed by atoms with van der Waals surface area (Å²) in [5.74, 6) is -0.0975. The van der Waals surface area contributed by atoms with Crippen molar-refractivity contribution in [3.8, 4) is 5.75 Å². The molecule has 0 spiro atoms. The maximum Gasteiger partial charge on any atom is 0.311 e. The van der Waals surface area contributed by atoms with Crippen molar-refractivity contribution >= 4 is 5.69 Å². The number of ether oxygens (including phenoxy) is 2. The van der Waals surface area contributed by atoms with Crippen molar-refractivity contribution in [3.63, 3.8) is 0 Å². The van der Waals surface area contributed by atoms with Gasteiger partial charge in [0.15, 0.2) is 6.79 Å². The van der Waals surface area contributed by atoms with Crippen LogP contribution in [0.25, 0.3) is 0 Å². The second kappa shape index (κ2) is 5.09. The van der Waals surface area contributed by atoms with Crippen LogP contribution in [0.5, 0.6) is 5.75 Å². The lowest BCUT2D eigenvalue weighted by atomic mass is 10.3. The second-order valence-corrected chi connectivity index (χ2v) is 3.95. The van der Waals surface area contributed by atoms with Crippen LogP contribution >= 0.6 is 0 Å². The number of rotatable bonds is 6. The maximum absolute atomic E-state index is 12.9. The molecule has 1 aliphatic carbocycles. The predicted octanol–water partition coefficient (Wildman–Crippen LogP) is 2.50. The van der Waals surface area contributed by atoms with Crippen LogP contribution in [-0.4, -0.2) is 18.3 Å². The van der Waals surface area contributed by atoms with Gasteiger partial charge in [-0.3, -0.25) is 10.1 Å². The fourth-order valence-electron chi connectivity index (χ4n) is 1.36. The Morgan fingerprint density at radius 2 is 2.24 bits per heavy atom. The molecule has 0 aliphatic heterocycles. The summed E-state index contributed by atoms with van der Waals surface area (Å²) in [4.78, 5) is 10.0. The molecule has 0 aromatic heterocycles. The van der Waals surface area contributed by atoms with Gasteiger partial charge in [-0.2, -0.15) is 0 Å². The Morgan fingerprint density at radius 3 is 2.88 bits per heavy atom. The first-order chi connectivity index (χ1) is 8.16. The van der Waals surface area contributed by atoms with Crippen LogP contribution in [0.4, 0.5) is 10.1 Å². The molecule has 0 saturated heterocycles. The van der Waals surface area contributed by atoms with Gasteiger partial charge in [-0.1, -0.05) is 0 Å². The van der Waals surface area contributed by atoms with E-state index in [1.54, 1.807) is 0 Å². The van der Waals surface area contributed by atoms with Gasteiger partial charge in [-0.05, 0) is 24.8 Å². The summed E-state index contributed by atoms with van der Waals surface area (Å²) in [6.07, 6.45) is 2.31. The van der Waals surface area contributed by atoms with Crippen LogP contribution in [0.15, 0.2) is 18.2 Å². The molecular weight excluding hydrogens is 229 g/mol. The molecule has 6 heteroatoms. The smallest absolute Gasteiger partial charge is 0.311 e. The van der Waals surface area contributed by atoms with Crippen LogP contribution in [0.3, 0.4) is 0 Å². The van der Waals surface area contributed by atoms with Crippen molar-refractivity contribution < 1.29 is 18.8 Å². The van der Waals surface area contributed by atoms with Crippen LogP contribution in [0, 0.1) is 21.8 Å². The normalized spacial score (nSPS) is 14.6. The Morgan fingerprint density at radius 1 is 1.47 bits per heavy atom. The van der Waals surface area contributed by atoms with Gasteiger partial charge in [0.05, 0.1) is 11.5 Å². The molecule has 1 saturated carbocycles. The van der Waals surface area contributed by atoms with Crippen LogP contribution in [0.1, 0.15) is 12.8 Å². The van der Waals surface area contributed by atoms with Gasteiger partial charge >= 0.3 is 5.69 Å². The monoisotopic (exact) mass is 241 g/mol. The molecule has 1 aromatic carbocycles. The first-order valence-electron chi connectivity index (χ1n) is 5.31. The highest BCUT2D eigenvalue weighted by Crippen LogP contribution is 2.30. The Labute approximate surface area is 97.3 Å². The topological polar surface area (TPSA) is 61.6 Å². The Hall–Kier alpha value is -1.69. The van der Waals surface area contributed by atoms with E-state index in [0.717, 1.165) is 31.0 Å². The average molecular weight is 241 g/mol. The summed E-state index contributed by atoms with van der Waals surface area (Å²) in [6, 6.07) is 3.08. The van der Waals surface area contributed by atoms with Gasteiger partial charge in [0.1, 0.15) is 5.82 Å². The molecule has 0 heterocycles. The second-order valence-electron chi connectivity index (χ2n) is 3.95. The molecular formula is C11H12FNO4. The van der Waals surface area contributed by atoms with Crippen LogP contribution in [-0.2, 0) is 4.74 Å². The third kappa shape index (κ3) is 3.39. The lowest BCUT2D eigenvalue weighted by molar-refractivity contribution is -0.386. The number of nitro groups is 1. The molecule has 0 unspecified atom stereocenters. The highest BCUT2D eigenvalue weighted by Gasteiger charge is 2.21. The SMILES string of the molecule is O=[N+]([O-])c1ccc(F)cc1OCOCC1CC1. The van der Waals surface area contributed by atoms with Crippen LogP contribution in [0.2, 0.25) is 0 Å². The largest absolute Gasteiger partial charge is 0.460 e. The summed E-state index contributed by atoms with van der Waals surface area (Å²) in [6.45, 7) is 0.490. The standard InChI is InChI=1S/C11H12FNO4/c12-9-3-4-10(13(14)15)11(5-9)17-7-16-6-8-1-2-8/h3-5,8H,1-2,6-7H2. The number of hydrogen-bond acceptors (Lipinski definition) is 4. The number of halogens is 1. The van der Waals surface area contributed by atoms with E-state index in [0.29, 0.717) is 12.5 Å². The fraction of sp³-hybridized carbons (Fsp3) is 0.455. The molecule has 1 aliphatic rings. The lowest BCUT2D eigenvalue weighted by Crippen LogP contribution is -2.06. The number of hydrogen-bond donors (Lipinski definition) is 0. The highest BCUT2D eigenvalue weighted by atomic mass is 19.1. The van der Waals surface area contributed by atoms with E-state index in [2.05, 4.69) is 0 Å². The van der Waals surface area contributed by atoms with E-state index in [1.807, 2.05) is 0 Å². The van der Waals surface area contributed by atoms with Crippen molar-refractivity contribution in [2.75, 3.05) is 13.4 Å². The number of benzene rings is 1. The van der Waals surface area contributed by atoms with Crippen molar-refractivity contribution in [2.24, 2.45) is 5.92 Å². The van der Waals surface area contributed by atoms with Gasteiger partial charge in [0.2, 0.25) is 5.75 Å². The van der Waals surface area contributed by atoms with Crippen molar-refractivity contribution in [1.29, 1.82) is 0 Å². The van der Waals surface area contributed by atoms with E-state index in [9.17, 15) is 14.5 Å². The first kappa shape index (κ1) is 11.8. The Bertz CT molecular complexity index is 420. The molecule has 0 radical (unpaired) electrons. The minimum atomic E-state index is -0.615.